The summed E-state index contributed by atoms with van der Waals surface area (Å²) in [5.41, 5.74) is 0. The van der Waals surface area contributed by atoms with Crippen molar-refractivity contribution in [2.75, 3.05) is 44.4 Å². The van der Waals surface area contributed by atoms with Crippen molar-refractivity contribution in [2.24, 2.45) is 0 Å². The second-order valence-electron chi connectivity index (χ2n) is 4.76. The van der Waals surface area contributed by atoms with Crippen molar-refractivity contribution >= 4 is 11.6 Å². The molecule has 0 saturated carbocycles. The van der Waals surface area contributed by atoms with Gasteiger partial charge in [-0.1, -0.05) is 0 Å². The molecule has 1 fully saturated rings. The predicted molar refractivity (Wildman–Crippen MR) is 70.6 cm³/mol. The first-order valence-electron chi connectivity index (χ1n) is 6.05. The quantitative estimate of drug-likeness (QED) is 0.845. The molecule has 17 heavy (non-hydrogen) atoms. The van der Waals surface area contributed by atoms with Gasteiger partial charge in [-0.15, -0.1) is 0 Å². The van der Waals surface area contributed by atoms with E-state index in [-0.39, 0.29) is 0 Å². The lowest BCUT2D eigenvalue weighted by molar-refractivity contribution is 0.315. The smallest absolute Gasteiger partial charge is 0.134 e. The minimum absolute atomic E-state index is 0.628. The third-order valence-electron chi connectivity index (χ3n) is 3.30. The van der Waals surface area contributed by atoms with E-state index in [4.69, 9.17) is 0 Å². The first-order chi connectivity index (χ1) is 8.10. The van der Waals surface area contributed by atoms with E-state index in [2.05, 4.69) is 39.2 Å². The van der Waals surface area contributed by atoms with Gasteiger partial charge in [-0.3, -0.25) is 0 Å². The molecule has 1 unspecified atom stereocenters. The van der Waals surface area contributed by atoms with Crippen LogP contribution in [0, 0.1) is 6.92 Å². The topological polar surface area (TPSA) is 44.3 Å². The van der Waals surface area contributed by atoms with Gasteiger partial charge in [0.2, 0.25) is 0 Å². The van der Waals surface area contributed by atoms with Crippen molar-refractivity contribution in [3.8, 4) is 0 Å². The third-order valence-corrected chi connectivity index (χ3v) is 3.30. The van der Waals surface area contributed by atoms with Crippen molar-refractivity contribution in [2.45, 2.75) is 19.4 Å². The van der Waals surface area contributed by atoms with Crippen LogP contribution < -0.4 is 10.2 Å². The number of aryl methyl sites for hydroxylation is 1. The van der Waals surface area contributed by atoms with E-state index >= 15 is 0 Å². The van der Waals surface area contributed by atoms with Gasteiger partial charge in [0.15, 0.2) is 0 Å². The Kier molecular flexibility index (Phi) is 3.47. The molecule has 0 aromatic carbocycles. The number of hydrogen-bond donors (Lipinski definition) is 1. The molecule has 5 heteroatoms. The molecule has 1 aromatic rings. The molecule has 0 bridgehead atoms. The number of hydrogen-bond acceptors (Lipinski definition) is 5. The second-order valence-corrected chi connectivity index (χ2v) is 4.76. The molecule has 2 heterocycles. The third kappa shape index (κ3) is 2.66. The fourth-order valence-electron chi connectivity index (χ4n) is 2.21. The zero-order valence-corrected chi connectivity index (χ0v) is 11.1. The van der Waals surface area contributed by atoms with E-state index in [1.165, 1.54) is 6.42 Å². The number of nitrogens with zero attached hydrogens (tertiary/aromatic N) is 4. The summed E-state index contributed by atoms with van der Waals surface area (Å²) in [4.78, 5) is 13.5. The number of aromatic nitrogens is 2. The average Bonchev–Trinajstić information content (AvgIpc) is 2.77. The Morgan fingerprint density at radius 3 is 2.76 bits per heavy atom. The minimum atomic E-state index is 0.628. The molecule has 1 aromatic heterocycles. The molecule has 2 rings (SSSR count). The van der Waals surface area contributed by atoms with Crippen LogP contribution in [-0.4, -0.2) is 55.1 Å². The maximum absolute atomic E-state index is 4.51. The van der Waals surface area contributed by atoms with E-state index in [1.54, 1.807) is 0 Å². The van der Waals surface area contributed by atoms with Crippen LogP contribution in [0.3, 0.4) is 0 Å². The van der Waals surface area contributed by atoms with Crippen LogP contribution in [0.4, 0.5) is 11.6 Å². The number of nitrogens with one attached hydrogen (secondary N) is 1. The van der Waals surface area contributed by atoms with Crippen molar-refractivity contribution in [1.29, 1.82) is 0 Å². The van der Waals surface area contributed by atoms with Gasteiger partial charge in [0.1, 0.15) is 17.5 Å². The van der Waals surface area contributed by atoms with Gasteiger partial charge in [0, 0.05) is 32.2 Å². The SMILES string of the molecule is CNc1cc(N2CCC(N(C)C)C2)nc(C)n1. The van der Waals surface area contributed by atoms with E-state index in [0.717, 1.165) is 30.5 Å². The van der Waals surface area contributed by atoms with E-state index < -0.39 is 0 Å². The number of likely N-dealkylation sites (N-methyl/N-ethyl adjacent to an activating group) is 1. The summed E-state index contributed by atoms with van der Waals surface area (Å²) < 4.78 is 0. The zero-order chi connectivity index (χ0) is 12.4. The predicted octanol–water partition coefficient (Wildman–Crippen LogP) is 0.967. The Labute approximate surface area is 103 Å². The Morgan fingerprint density at radius 2 is 2.18 bits per heavy atom. The van der Waals surface area contributed by atoms with Gasteiger partial charge < -0.3 is 15.1 Å². The lowest BCUT2D eigenvalue weighted by Crippen LogP contribution is -2.31. The summed E-state index contributed by atoms with van der Waals surface area (Å²) in [6.45, 7) is 4.05. The summed E-state index contributed by atoms with van der Waals surface area (Å²) in [5, 5.41) is 3.08. The maximum atomic E-state index is 4.51. The number of rotatable bonds is 3. The Morgan fingerprint density at radius 1 is 1.41 bits per heavy atom. The average molecular weight is 235 g/mol. The molecule has 1 atom stereocenters. The molecule has 0 amide bonds. The van der Waals surface area contributed by atoms with Gasteiger partial charge >= 0.3 is 0 Å². The highest BCUT2D eigenvalue weighted by Crippen LogP contribution is 2.22. The van der Waals surface area contributed by atoms with Gasteiger partial charge in [0.05, 0.1) is 0 Å². The standard InChI is InChI=1S/C12H21N5/c1-9-14-11(13-2)7-12(15-9)17-6-5-10(8-17)16(3)4/h7,10H,5-6,8H2,1-4H3,(H,13,14,15). The van der Waals surface area contributed by atoms with Crippen molar-refractivity contribution in [1.82, 2.24) is 14.9 Å². The van der Waals surface area contributed by atoms with Gasteiger partial charge in [-0.25, -0.2) is 9.97 Å². The highest BCUT2D eigenvalue weighted by molar-refractivity contribution is 5.49. The largest absolute Gasteiger partial charge is 0.373 e. The van der Waals surface area contributed by atoms with Gasteiger partial charge in [-0.2, -0.15) is 0 Å². The Bertz CT molecular complexity index is 390. The van der Waals surface area contributed by atoms with Crippen LogP contribution >= 0.6 is 0 Å². The Hall–Kier alpha value is -1.36. The van der Waals surface area contributed by atoms with E-state index in [0.29, 0.717) is 6.04 Å². The van der Waals surface area contributed by atoms with Gasteiger partial charge in [0.25, 0.3) is 0 Å². The lowest BCUT2D eigenvalue weighted by Gasteiger charge is -2.21. The molecule has 94 valence electrons. The second kappa shape index (κ2) is 4.87. The summed E-state index contributed by atoms with van der Waals surface area (Å²) in [5.74, 6) is 2.74. The Balaban J connectivity index is 2.15. The highest BCUT2D eigenvalue weighted by Gasteiger charge is 2.25. The molecule has 1 N–H and O–H groups in total. The van der Waals surface area contributed by atoms with Crippen LogP contribution in [0.5, 0.6) is 0 Å². The molecule has 0 spiro atoms. The first-order valence-corrected chi connectivity index (χ1v) is 6.05. The molecule has 1 aliphatic heterocycles. The van der Waals surface area contributed by atoms with Crippen LogP contribution in [-0.2, 0) is 0 Å². The summed E-state index contributed by atoms with van der Waals surface area (Å²) in [6, 6.07) is 2.65. The summed E-state index contributed by atoms with van der Waals surface area (Å²) in [7, 11) is 6.16. The molecule has 0 aliphatic carbocycles. The molecule has 1 aliphatic rings. The fourth-order valence-corrected chi connectivity index (χ4v) is 2.21. The van der Waals surface area contributed by atoms with E-state index in [9.17, 15) is 0 Å². The van der Waals surface area contributed by atoms with Crippen LogP contribution in [0.15, 0.2) is 6.07 Å². The monoisotopic (exact) mass is 235 g/mol. The normalized spacial score (nSPS) is 20.1. The molecule has 5 nitrogen and oxygen atoms in total. The van der Waals surface area contributed by atoms with Crippen LogP contribution in [0.1, 0.15) is 12.2 Å². The lowest BCUT2D eigenvalue weighted by atomic mass is 10.2. The highest BCUT2D eigenvalue weighted by atomic mass is 15.3. The van der Waals surface area contributed by atoms with Crippen LogP contribution in [0.25, 0.3) is 0 Å². The zero-order valence-electron chi connectivity index (χ0n) is 11.1. The van der Waals surface area contributed by atoms with Crippen molar-refractivity contribution < 1.29 is 0 Å². The molecule has 0 radical (unpaired) electrons. The van der Waals surface area contributed by atoms with Crippen molar-refractivity contribution in [3.63, 3.8) is 0 Å². The summed E-state index contributed by atoms with van der Waals surface area (Å²) >= 11 is 0. The fraction of sp³-hybridized carbons (Fsp3) is 0.667. The van der Waals surface area contributed by atoms with Crippen LogP contribution in [0.2, 0.25) is 0 Å². The molecule has 1 saturated heterocycles. The van der Waals surface area contributed by atoms with E-state index in [1.807, 2.05) is 20.0 Å². The number of anilines is 2. The molecular formula is C12H21N5. The maximum Gasteiger partial charge on any atom is 0.134 e. The van der Waals surface area contributed by atoms with Gasteiger partial charge in [-0.05, 0) is 27.4 Å². The minimum Gasteiger partial charge on any atom is -0.373 e. The summed E-state index contributed by atoms with van der Waals surface area (Å²) in [6.07, 6.45) is 1.20. The van der Waals surface area contributed by atoms with Crippen molar-refractivity contribution in [3.05, 3.63) is 11.9 Å². The first kappa shape index (κ1) is 12.1. The molecular weight excluding hydrogens is 214 g/mol.